The van der Waals surface area contributed by atoms with Gasteiger partial charge in [-0.2, -0.15) is 5.10 Å². The molecule has 128 valence electrons. The lowest BCUT2D eigenvalue weighted by atomic mass is 9.91. The Labute approximate surface area is 142 Å². The standard InChI is InChI=1S/C19H24FN3O/c1-2-23-14-17(12-21-23)19(24)22-11-5-6-15(13-22)9-10-16-7-3-4-8-18(16)20/h3-4,7-8,12,14-15H,2,5-6,9-11,13H2,1H3/t15-/m1/s1. The molecule has 4 nitrogen and oxygen atoms in total. The molecule has 0 radical (unpaired) electrons. The first-order valence-electron chi connectivity index (χ1n) is 8.72. The highest BCUT2D eigenvalue weighted by Gasteiger charge is 2.25. The van der Waals surface area contributed by atoms with Gasteiger partial charge in [-0.3, -0.25) is 9.48 Å². The van der Waals surface area contributed by atoms with Gasteiger partial charge >= 0.3 is 0 Å². The molecular formula is C19H24FN3O. The molecule has 0 spiro atoms. The summed E-state index contributed by atoms with van der Waals surface area (Å²) in [7, 11) is 0. The summed E-state index contributed by atoms with van der Waals surface area (Å²) in [5.74, 6) is 0.363. The average molecular weight is 329 g/mol. The maximum absolute atomic E-state index is 13.7. The van der Waals surface area contributed by atoms with E-state index in [0.29, 0.717) is 11.5 Å². The molecule has 0 unspecified atom stereocenters. The van der Waals surface area contributed by atoms with Crippen molar-refractivity contribution in [2.75, 3.05) is 13.1 Å². The van der Waals surface area contributed by atoms with E-state index in [1.165, 1.54) is 6.07 Å². The number of halogens is 1. The number of piperidine rings is 1. The highest BCUT2D eigenvalue weighted by molar-refractivity contribution is 5.93. The molecule has 1 fully saturated rings. The Bertz CT molecular complexity index is 697. The number of hydrogen-bond acceptors (Lipinski definition) is 2. The fourth-order valence-corrected chi connectivity index (χ4v) is 3.38. The zero-order valence-electron chi connectivity index (χ0n) is 14.1. The molecule has 0 N–H and O–H groups in total. The number of aromatic nitrogens is 2. The molecule has 1 amide bonds. The third-order valence-corrected chi connectivity index (χ3v) is 4.79. The topological polar surface area (TPSA) is 38.1 Å². The minimum Gasteiger partial charge on any atom is -0.338 e. The van der Waals surface area contributed by atoms with Gasteiger partial charge in [0.25, 0.3) is 5.91 Å². The highest BCUT2D eigenvalue weighted by Crippen LogP contribution is 2.23. The molecule has 1 atom stereocenters. The van der Waals surface area contributed by atoms with Gasteiger partial charge in [-0.1, -0.05) is 18.2 Å². The van der Waals surface area contributed by atoms with E-state index >= 15 is 0 Å². The normalized spacial score (nSPS) is 17.9. The van der Waals surface area contributed by atoms with Gasteiger partial charge in [-0.15, -0.1) is 0 Å². The first-order chi connectivity index (χ1) is 11.7. The summed E-state index contributed by atoms with van der Waals surface area (Å²) >= 11 is 0. The van der Waals surface area contributed by atoms with Crippen molar-refractivity contribution >= 4 is 5.91 Å². The Hall–Kier alpha value is -2.17. The molecule has 1 aliphatic rings. The maximum atomic E-state index is 13.7. The average Bonchev–Trinajstić information content (AvgIpc) is 3.10. The van der Waals surface area contributed by atoms with Gasteiger partial charge in [0.05, 0.1) is 11.8 Å². The zero-order valence-corrected chi connectivity index (χ0v) is 14.1. The first-order valence-corrected chi connectivity index (χ1v) is 8.72. The summed E-state index contributed by atoms with van der Waals surface area (Å²) in [6.07, 6.45) is 7.22. The third-order valence-electron chi connectivity index (χ3n) is 4.79. The molecule has 0 bridgehead atoms. The highest BCUT2D eigenvalue weighted by atomic mass is 19.1. The number of amides is 1. The van der Waals surface area contributed by atoms with Crippen LogP contribution in [0, 0.1) is 11.7 Å². The van der Waals surface area contributed by atoms with Crippen LogP contribution in [0.4, 0.5) is 4.39 Å². The summed E-state index contributed by atoms with van der Waals surface area (Å²) < 4.78 is 15.5. The van der Waals surface area contributed by atoms with E-state index in [0.717, 1.165) is 50.9 Å². The van der Waals surface area contributed by atoms with Crippen LogP contribution in [0.1, 0.15) is 42.1 Å². The van der Waals surface area contributed by atoms with Gasteiger partial charge in [-0.05, 0) is 50.2 Å². The van der Waals surface area contributed by atoms with E-state index in [-0.39, 0.29) is 11.7 Å². The van der Waals surface area contributed by atoms with Gasteiger partial charge in [0.1, 0.15) is 5.82 Å². The van der Waals surface area contributed by atoms with Crippen LogP contribution in [0.3, 0.4) is 0 Å². The van der Waals surface area contributed by atoms with Crippen LogP contribution in [-0.4, -0.2) is 33.7 Å². The number of benzene rings is 1. The van der Waals surface area contributed by atoms with Crippen molar-refractivity contribution in [3.05, 3.63) is 53.6 Å². The summed E-state index contributed by atoms with van der Waals surface area (Å²) in [5.41, 5.74) is 1.43. The lowest BCUT2D eigenvalue weighted by Gasteiger charge is -2.32. The summed E-state index contributed by atoms with van der Waals surface area (Å²) in [6, 6.07) is 6.95. The second kappa shape index (κ2) is 7.60. The third kappa shape index (κ3) is 3.83. The Kier molecular flexibility index (Phi) is 5.28. The molecular weight excluding hydrogens is 305 g/mol. The van der Waals surface area contributed by atoms with Crippen molar-refractivity contribution in [2.45, 2.75) is 39.2 Å². The van der Waals surface area contributed by atoms with Crippen LogP contribution < -0.4 is 0 Å². The van der Waals surface area contributed by atoms with Crippen LogP contribution in [-0.2, 0) is 13.0 Å². The minimum atomic E-state index is -0.131. The number of carbonyl (C=O) groups excluding carboxylic acids is 1. The molecule has 1 saturated heterocycles. The van der Waals surface area contributed by atoms with E-state index in [1.807, 2.05) is 30.2 Å². The molecule has 1 aromatic heterocycles. The van der Waals surface area contributed by atoms with Gasteiger partial charge in [0.15, 0.2) is 0 Å². The van der Waals surface area contributed by atoms with E-state index in [4.69, 9.17) is 0 Å². The molecule has 0 aliphatic carbocycles. The number of hydrogen-bond donors (Lipinski definition) is 0. The lowest BCUT2D eigenvalue weighted by molar-refractivity contribution is 0.0668. The van der Waals surface area contributed by atoms with Crippen LogP contribution in [0.15, 0.2) is 36.7 Å². The molecule has 5 heteroatoms. The smallest absolute Gasteiger partial charge is 0.257 e. The van der Waals surface area contributed by atoms with E-state index < -0.39 is 0 Å². The quantitative estimate of drug-likeness (QED) is 0.842. The van der Waals surface area contributed by atoms with Crippen molar-refractivity contribution in [3.63, 3.8) is 0 Å². The summed E-state index contributed by atoms with van der Waals surface area (Å²) in [5, 5.41) is 4.18. The fraction of sp³-hybridized carbons (Fsp3) is 0.474. The molecule has 24 heavy (non-hydrogen) atoms. The Morgan fingerprint density at radius 3 is 2.96 bits per heavy atom. The predicted octanol–water partition coefficient (Wildman–Crippen LogP) is 3.53. The van der Waals surface area contributed by atoms with Crippen LogP contribution in [0.5, 0.6) is 0 Å². The number of carbonyl (C=O) groups is 1. The number of rotatable bonds is 5. The maximum Gasteiger partial charge on any atom is 0.257 e. The largest absolute Gasteiger partial charge is 0.338 e. The molecule has 1 aromatic carbocycles. The summed E-state index contributed by atoms with van der Waals surface area (Å²) in [4.78, 5) is 14.5. The summed E-state index contributed by atoms with van der Waals surface area (Å²) in [6.45, 7) is 4.32. The number of nitrogens with zero attached hydrogens (tertiary/aromatic N) is 3. The molecule has 0 saturated carbocycles. The zero-order chi connectivity index (χ0) is 16.9. The Morgan fingerprint density at radius 1 is 1.38 bits per heavy atom. The molecule has 2 heterocycles. The SMILES string of the molecule is CCn1cc(C(=O)N2CCC[C@H](CCc3ccccc3F)C2)cn1. The van der Waals surface area contributed by atoms with E-state index in [1.54, 1.807) is 16.9 Å². The van der Waals surface area contributed by atoms with E-state index in [9.17, 15) is 9.18 Å². The Balaban J connectivity index is 1.58. The molecule has 2 aromatic rings. The van der Waals surface area contributed by atoms with Crippen molar-refractivity contribution < 1.29 is 9.18 Å². The fourth-order valence-electron chi connectivity index (χ4n) is 3.38. The van der Waals surface area contributed by atoms with Crippen LogP contribution in [0.25, 0.3) is 0 Å². The molecule has 1 aliphatic heterocycles. The first kappa shape index (κ1) is 16.7. The number of likely N-dealkylation sites (tertiary alicyclic amines) is 1. The Morgan fingerprint density at radius 2 is 2.21 bits per heavy atom. The van der Waals surface area contributed by atoms with Crippen molar-refractivity contribution in [1.29, 1.82) is 0 Å². The number of aryl methyl sites for hydroxylation is 2. The van der Waals surface area contributed by atoms with E-state index in [2.05, 4.69) is 5.10 Å². The monoisotopic (exact) mass is 329 g/mol. The van der Waals surface area contributed by atoms with Crippen molar-refractivity contribution in [2.24, 2.45) is 5.92 Å². The van der Waals surface area contributed by atoms with Crippen molar-refractivity contribution in [1.82, 2.24) is 14.7 Å². The van der Waals surface area contributed by atoms with Gasteiger partial charge in [-0.25, -0.2) is 4.39 Å². The van der Waals surface area contributed by atoms with Crippen LogP contribution >= 0.6 is 0 Å². The van der Waals surface area contributed by atoms with Crippen molar-refractivity contribution in [3.8, 4) is 0 Å². The predicted molar refractivity (Wildman–Crippen MR) is 91.2 cm³/mol. The minimum absolute atomic E-state index is 0.0605. The second-order valence-corrected chi connectivity index (χ2v) is 6.47. The lowest BCUT2D eigenvalue weighted by Crippen LogP contribution is -2.40. The van der Waals surface area contributed by atoms with Gasteiger partial charge in [0.2, 0.25) is 0 Å². The second-order valence-electron chi connectivity index (χ2n) is 6.47. The molecule has 3 rings (SSSR count). The van der Waals surface area contributed by atoms with Crippen LogP contribution in [0.2, 0.25) is 0 Å². The van der Waals surface area contributed by atoms with Gasteiger partial charge < -0.3 is 4.90 Å². The van der Waals surface area contributed by atoms with Gasteiger partial charge in [0, 0.05) is 25.8 Å².